The zero-order valence-corrected chi connectivity index (χ0v) is 16.7. The van der Waals surface area contributed by atoms with Gasteiger partial charge in [-0.25, -0.2) is 0 Å². The van der Waals surface area contributed by atoms with Crippen molar-refractivity contribution in [1.29, 1.82) is 0 Å². The number of likely N-dealkylation sites (tertiary alicyclic amines) is 1. The molecule has 3 rings (SSSR count). The van der Waals surface area contributed by atoms with Crippen LogP contribution in [0.3, 0.4) is 0 Å². The van der Waals surface area contributed by atoms with Crippen LogP contribution in [-0.2, 0) is 4.79 Å². The average Bonchev–Trinajstić information content (AvgIpc) is 3.22. The molecule has 2 saturated heterocycles. The summed E-state index contributed by atoms with van der Waals surface area (Å²) < 4.78 is 0. The van der Waals surface area contributed by atoms with Gasteiger partial charge in [0.05, 0.1) is 6.54 Å². The van der Waals surface area contributed by atoms with Gasteiger partial charge in [-0.2, -0.15) is 0 Å². The molecule has 0 aliphatic carbocycles. The van der Waals surface area contributed by atoms with Gasteiger partial charge in [-0.1, -0.05) is 39.0 Å². The Balaban J connectivity index is 1.40. The summed E-state index contributed by atoms with van der Waals surface area (Å²) in [4.78, 5) is 17.3. The van der Waals surface area contributed by atoms with Gasteiger partial charge < -0.3 is 10.2 Å². The van der Waals surface area contributed by atoms with E-state index in [-0.39, 0.29) is 5.91 Å². The summed E-state index contributed by atoms with van der Waals surface area (Å²) in [6.45, 7) is 11.5. The second-order valence-electron chi connectivity index (χ2n) is 9.27. The molecule has 1 aromatic carbocycles. The van der Waals surface area contributed by atoms with Gasteiger partial charge in [0.25, 0.3) is 0 Å². The molecule has 26 heavy (non-hydrogen) atoms. The smallest absolute Gasteiger partial charge is 0.234 e. The monoisotopic (exact) mass is 357 g/mol. The van der Waals surface area contributed by atoms with Crippen LogP contribution in [0.25, 0.3) is 0 Å². The van der Waals surface area contributed by atoms with Gasteiger partial charge in [-0.15, -0.1) is 0 Å². The van der Waals surface area contributed by atoms with Crippen LogP contribution in [0, 0.1) is 11.3 Å². The van der Waals surface area contributed by atoms with Gasteiger partial charge in [0.2, 0.25) is 5.91 Å². The fraction of sp³-hybridized carbons (Fsp3) is 0.682. The topological polar surface area (TPSA) is 35.6 Å². The maximum Gasteiger partial charge on any atom is 0.234 e. The first-order valence-corrected chi connectivity index (χ1v) is 10.2. The minimum absolute atomic E-state index is 0.198. The number of hydrogen-bond donors (Lipinski definition) is 1. The fourth-order valence-electron chi connectivity index (χ4n) is 4.41. The molecule has 1 amide bonds. The summed E-state index contributed by atoms with van der Waals surface area (Å²) >= 11 is 0. The van der Waals surface area contributed by atoms with Crippen LogP contribution in [0.1, 0.15) is 46.5 Å². The Labute approximate surface area is 158 Å². The third kappa shape index (κ3) is 5.47. The van der Waals surface area contributed by atoms with Gasteiger partial charge in [0.15, 0.2) is 0 Å². The maximum absolute atomic E-state index is 12.5. The lowest BCUT2D eigenvalue weighted by molar-refractivity contribution is -0.122. The number of rotatable bonds is 6. The number of carbonyl (C=O) groups is 1. The summed E-state index contributed by atoms with van der Waals surface area (Å²) in [5, 5.41) is 3.20. The molecule has 2 aliphatic heterocycles. The highest BCUT2D eigenvalue weighted by Gasteiger charge is 2.30. The molecule has 2 fully saturated rings. The van der Waals surface area contributed by atoms with E-state index in [2.05, 4.69) is 66.2 Å². The molecule has 4 nitrogen and oxygen atoms in total. The number of nitrogens with one attached hydrogen (secondary N) is 1. The minimum atomic E-state index is 0.198. The summed E-state index contributed by atoms with van der Waals surface area (Å²) in [5.41, 5.74) is 1.62. The van der Waals surface area contributed by atoms with E-state index in [1.54, 1.807) is 0 Å². The minimum Gasteiger partial charge on any atom is -0.371 e. The molecule has 0 bridgehead atoms. The molecule has 4 heteroatoms. The number of para-hydroxylation sites is 1. The number of benzene rings is 1. The van der Waals surface area contributed by atoms with E-state index in [1.165, 1.54) is 24.9 Å². The highest BCUT2D eigenvalue weighted by atomic mass is 16.2. The summed E-state index contributed by atoms with van der Waals surface area (Å²) in [7, 11) is 0. The molecular formula is C22H35N3O. The highest BCUT2D eigenvalue weighted by Crippen LogP contribution is 2.29. The van der Waals surface area contributed by atoms with Crippen molar-refractivity contribution >= 4 is 11.6 Å². The van der Waals surface area contributed by atoms with Crippen molar-refractivity contribution in [1.82, 2.24) is 10.2 Å². The van der Waals surface area contributed by atoms with Crippen LogP contribution in [0.5, 0.6) is 0 Å². The standard InChI is InChI=1S/C22H35N3O/c1-22(2,3)14-20-10-7-12-24(20)17-21(26)23-15-18-11-13-25(16-18)19-8-5-4-6-9-19/h4-6,8-9,18,20H,7,10-17H2,1-3H3,(H,23,26)/t18-,20-/m1/s1. The molecule has 2 atom stereocenters. The lowest BCUT2D eigenvalue weighted by Gasteiger charge is -2.30. The van der Waals surface area contributed by atoms with Crippen LogP contribution >= 0.6 is 0 Å². The van der Waals surface area contributed by atoms with Crippen molar-refractivity contribution in [3.05, 3.63) is 30.3 Å². The van der Waals surface area contributed by atoms with E-state index < -0.39 is 0 Å². The lowest BCUT2D eigenvalue weighted by atomic mass is 9.87. The molecule has 1 N–H and O–H groups in total. The van der Waals surface area contributed by atoms with Crippen LogP contribution in [0.2, 0.25) is 0 Å². The molecule has 2 heterocycles. The van der Waals surface area contributed by atoms with Crippen molar-refractivity contribution in [3.8, 4) is 0 Å². The summed E-state index contributed by atoms with van der Waals surface area (Å²) in [6, 6.07) is 11.2. The van der Waals surface area contributed by atoms with Crippen molar-refractivity contribution in [3.63, 3.8) is 0 Å². The quantitative estimate of drug-likeness (QED) is 0.846. The third-order valence-corrected chi connectivity index (χ3v) is 5.69. The maximum atomic E-state index is 12.5. The van der Waals surface area contributed by atoms with Crippen LogP contribution < -0.4 is 10.2 Å². The number of nitrogens with zero attached hydrogens (tertiary/aromatic N) is 2. The summed E-state index contributed by atoms with van der Waals surface area (Å²) in [5.74, 6) is 0.757. The van der Waals surface area contributed by atoms with Crippen molar-refractivity contribution < 1.29 is 4.79 Å². The molecule has 0 aromatic heterocycles. The number of anilines is 1. The molecule has 0 saturated carbocycles. The third-order valence-electron chi connectivity index (χ3n) is 5.69. The Kier molecular flexibility index (Phi) is 6.23. The predicted molar refractivity (Wildman–Crippen MR) is 108 cm³/mol. The van der Waals surface area contributed by atoms with E-state index in [0.717, 1.165) is 32.6 Å². The Bertz CT molecular complexity index is 581. The van der Waals surface area contributed by atoms with E-state index in [9.17, 15) is 4.79 Å². The molecule has 0 radical (unpaired) electrons. The van der Waals surface area contributed by atoms with Crippen molar-refractivity contribution in [2.24, 2.45) is 11.3 Å². The Morgan fingerprint density at radius 3 is 2.65 bits per heavy atom. The van der Waals surface area contributed by atoms with Gasteiger partial charge in [0.1, 0.15) is 0 Å². The first kappa shape index (κ1) is 19.2. The highest BCUT2D eigenvalue weighted by molar-refractivity contribution is 5.78. The normalized spacial score (nSPS) is 24.2. The zero-order chi connectivity index (χ0) is 18.6. The number of hydrogen-bond acceptors (Lipinski definition) is 3. The van der Waals surface area contributed by atoms with Gasteiger partial charge >= 0.3 is 0 Å². The summed E-state index contributed by atoms with van der Waals surface area (Å²) in [6.07, 6.45) is 4.79. The zero-order valence-electron chi connectivity index (χ0n) is 16.7. The molecule has 144 valence electrons. The van der Waals surface area contributed by atoms with Gasteiger partial charge in [-0.3, -0.25) is 9.69 Å². The Morgan fingerprint density at radius 1 is 1.15 bits per heavy atom. The first-order valence-electron chi connectivity index (χ1n) is 10.2. The van der Waals surface area contributed by atoms with E-state index in [0.29, 0.717) is 23.9 Å². The van der Waals surface area contributed by atoms with E-state index in [4.69, 9.17) is 0 Å². The molecular weight excluding hydrogens is 322 g/mol. The Morgan fingerprint density at radius 2 is 1.92 bits per heavy atom. The number of amides is 1. The second kappa shape index (κ2) is 8.43. The first-order chi connectivity index (χ1) is 12.4. The largest absolute Gasteiger partial charge is 0.371 e. The number of carbonyl (C=O) groups excluding carboxylic acids is 1. The predicted octanol–water partition coefficient (Wildman–Crippen LogP) is 3.53. The lowest BCUT2D eigenvalue weighted by Crippen LogP contribution is -2.42. The molecule has 1 aromatic rings. The molecule has 0 unspecified atom stereocenters. The van der Waals surface area contributed by atoms with E-state index in [1.807, 2.05) is 0 Å². The van der Waals surface area contributed by atoms with E-state index >= 15 is 0 Å². The van der Waals surface area contributed by atoms with Crippen LogP contribution in [-0.4, -0.2) is 49.6 Å². The molecule has 2 aliphatic rings. The average molecular weight is 358 g/mol. The van der Waals surface area contributed by atoms with Crippen molar-refractivity contribution in [2.75, 3.05) is 37.6 Å². The Hall–Kier alpha value is -1.55. The van der Waals surface area contributed by atoms with Gasteiger partial charge in [0, 0.05) is 31.4 Å². The second-order valence-corrected chi connectivity index (χ2v) is 9.27. The van der Waals surface area contributed by atoms with Crippen LogP contribution in [0.4, 0.5) is 5.69 Å². The molecule has 0 spiro atoms. The SMILES string of the molecule is CC(C)(C)C[C@H]1CCCN1CC(=O)NC[C@H]1CCN(c2ccccc2)C1. The van der Waals surface area contributed by atoms with Crippen LogP contribution in [0.15, 0.2) is 30.3 Å². The van der Waals surface area contributed by atoms with Crippen molar-refractivity contribution in [2.45, 2.75) is 52.5 Å². The van der Waals surface area contributed by atoms with Gasteiger partial charge in [-0.05, 0) is 55.7 Å². The fourth-order valence-corrected chi connectivity index (χ4v) is 4.41.